The molecule has 0 radical (unpaired) electrons. The molecule has 3 rings (SSSR count). The van der Waals surface area contributed by atoms with E-state index >= 15 is 0 Å². The number of aromatic nitrogens is 3. The van der Waals surface area contributed by atoms with Crippen molar-refractivity contribution in [1.82, 2.24) is 20.4 Å². The van der Waals surface area contributed by atoms with E-state index in [1.54, 1.807) is 0 Å². The Morgan fingerprint density at radius 2 is 2.41 bits per heavy atom. The summed E-state index contributed by atoms with van der Waals surface area (Å²) in [7, 11) is 0. The predicted molar refractivity (Wildman–Crippen MR) is 63.7 cm³/mol. The number of hydrogen-bond donors (Lipinski definition) is 2. The number of aromatic amines is 1. The molecule has 17 heavy (non-hydrogen) atoms. The van der Waals surface area contributed by atoms with Crippen LogP contribution in [0.1, 0.15) is 30.1 Å². The van der Waals surface area contributed by atoms with Crippen LogP contribution in [0, 0.1) is 6.92 Å². The molecule has 0 aliphatic carbocycles. The molecular formula is C12H16N4O. The van der Waals surface area contributed by atoms with Gasteiger partial charge in [0, 0.05) is 18.7 Å². The van der Waals surface area contributed by atoms with Crippen LogP contribution in [0.5, 0.6) is 0 Å². The Balaban J connectivity index is 1.82. The van der Waals surface area contributed by atoms with Crippen molar-refractivity contribution in [3.63, 3.8) is 0 Å². The highest BCUT2D eigenvalue weighted by atomic mass is 16.5. The van der Waals surface area contributed by atoms with E-state index in [9.17, 15) is 0 Å². The van der Waals surface area contributed by atoms with E-state index in [2.05, 4.69) is 20.4 Å². The summed E-state index contributed by atoms with van der Waals surface area (Å²) < 4.78 is 5.30. The van der Waals surface area contributed by atoms with E-state index < -0.39 is 0 Å². The van der Waals surface area contributed by atoms with Gasteiger partial charge in [-0.3, -0.25) is 0 Å². The fourth-order valence-corrected chi connectivity index (χ4v) is 2.21. The second kappa shape index (κ2) is 4.33. The fourth-order valence-electron chi connectivity index (χ4n) is 2.21. The summed E-state index contributed by atoms with van der Waals surface area (Å²) in [6.45, 7) is 4.07. The lowest BCUT2D eigenvalue weighted by molar-refractivity contribution is 0.392. The van der Waals surface area contributed by atoms with Crippen molar-refractivity contribution in [2.24, 2.45) is 0 Å². The number of aryl methyl sites for hydroxylation is 1. The number of nitrogens with zero attached hydrogens (tertiary/aromatic N) is 2. The van der Waals surface area contributed by atoms with Gasteiger partial charge < -0.3 is 14.8 Å². The molecular weight excluding hydrogens is 216 g/mol. The first-order valence-corrected chi connectivity index (χ1v) is 6.02. The molecule has 90 valence electrons. The van der Waals surface area contributed by atoms with Crippen molar-refractivity contribution < 1.29 is 4.52 Å². The van der Waals surface area contributed by atoms with Crippen molar-refractivity contribution in [3.05, 3.63) is 23.7 Å². The van der Waals surface area contributed by atoms with Crippen molar-refractivity contribution in [2.75, 3.05) is 13.1 Å². The van der Waals surface area contributed by atoms with E-state index in [1.807, 2.05) is 19.2 Å². The summed E-state index contributed by atoms with van der Waals surface area (Å²) in [5.74, 6) is 1.79. The molecule has 0 aromatic carbocycles. The first-order chi connectivity index (χ1) is 8.33. The third kappa shape index (κ3) is 2.10. The Morgan fingerprint density at radius 1 is 1.47 bits per heavy atom. The summed E-state index contributed by atoms with van der Waals surface area (Å²) in [6, 6.07) is 2.01. The molecule has 0 amide bonds. The van der Waals surface area contributed by atoms with Gasteiger partial charge in [0.15, 0.2) is 5.82 Å². The van der Waals surface area contributed by atoms with Crippen LogP contribution >= 0.6 is 0 Å². The van der Waals surface area contributed by atoms with Gasteiger partial charge in [-0.1, -0.05) is 5.16 Å². The van der Waals surface area contributed by atoms with Crippen molar-refractivity contribution in [1.29, 1.82) is 0 Å². The Morgan fingerprint density at radius 3 is 3.12 bits per heavy atom. The number of H-pyrrole nitrogens is 1. The van der Waals surface area contributed by atoms with Gasteiger partial charge in [-0.05, 0) is 37.9 Å². The van der Waals surface area contributed by atoms with Gasteiger partial charge in [0.1, 0.15) is 5.69 Å². The van der Waals surface area contributed by atoms with Crippen LogP contribution in [0.25, 0.3) is 11.6 Å². The van der Waals surface area contributed by atoms with Gasteiger partial charge >= 0.3 is 0 Å². The topological polar surface area (TPSA) is 66.7 Å². The monoisotopic (exact) mass is 232 g/mol. The third-order valence-electron chi connectivity index (χ3n) is 3.16. The molecule has 1 fully saturated rings. The van der Waals surface area contributed by atoms with Crippen LogP contribution < -0.4 is 5.32 Å². The Labute approximate surface area is 99.6 Å². The Bertz CT molecular complexity index is 496. The maximum Gasteiger partial charge on any atom is 0.274 e. The minimum Gasteiger partial charge on any atom is -0.357 e. The quantitative estimate of drug-likeness (QED) is 0.829. The highest BCUT2D eigenvalue weighted by molar-refractivity contribution is 5.48. The van der Waals surface area contributed by atoms with Crippen molar-refractivity contribution in [3.8, 4) is 11.6 Å². The van der Waals surface area contributed by atoms with Crippen LogP contribution in [0.3, 0.4) is 0 Å². The maximum atomic E-state index is 5.30. The minimum atomic E-state index is 0.386. The molecule has 2 N–H and O–H groups in total. The van der Waals surface area contributed by atoms with E-state index in [-0.39, 0.29) is 0 Å². The number of rotatable bonds is 2. The van der Waals surface area contributed by atoms with Crippen molar-refractivity contribution in [2.45, 2.75) is 25.7 Å². The van der Waals surface area contributed by atoms with Crippen LogP contribution in [0.4, 0.5) is 0 Å². The molecule has 1 saturated heterocycles. The second-order valence-corrected chi connectivity index (χ2v) is 4.59. The first kappa shape index (κ1) is 10.5. The first-order valence-electron chi connectivity index (χ1n) is 6.02. The summed E-state index contributed by atoms with van der Waals surface area (Å²) in [6.07, 6.45) is 4.24. The summed E-state index contributed by atoms with van der Waals surface area (Å²) in [4.78, 5) is 7.59. The molecule has 1 atom stereocenters. The van der Waals surface area contributed by atoms with Gasteiger partial charge in [0.2, 0.25) is 0 Å². The molecule has 5 heteroatoms. The molecule has 1 aliphatic heterocycles. The summed E-state index contributed by atoms with van der Waals surface area (Å²) >= 11 is 0. The average molecular weight is 232 g/mol. The van der Waals surface area contributed by atoms with Crippen LogP contribution in [-0.4, -0.2) is 28.2 Å². The largest absolute Gasteiger partial charge is 0.357 e. The molecule has 1 unspecified atom stereocenters. The molecule has 0 spiro atoms. The zero-order valence-electron chi connectivity index (χ0n) is 9.86. The van der Waals surface area contributed by atoms with Gasteiger partial charge in [0.05, 0.1) is 0 Å². The zero-order chi connectivity index (χ0) is 11.7. The Kier molecular flexibility index (Phi) is 2.68. The molecule has 2 aromatic rings. The smallest absolute Gasteiger partial charge is 0.274 e. The molecule has 0 bridgehead atoms. The van der Waals surface area contributed by atoms with E-state index in [4.69, 9.17) is 4.52 Å². The maximum absolute atomic E-state index is 5.30. The predicted octanol–water partition coefficient (Wildman–Crippen LogP) is 1.84. The number of hydrogen-bond acceptors (Lipinski definition) is 4. The van der Waals surface area contributed by atoms with E-state index in [1.165, 1.54) is 12.0 Å². The van der Waals surface area contributed by atoms with Crippen LogP contribution in [-0.2, 0) is 0 Å². The van der Waals surface area contributed by atoms with E-state index in [0.29, 0.717) is 11.8 Å². The number of nitrogens with one attached hydrogen (secondary N) is 2. The van der Waals surface area contributed by atoms with E-state index in [0.717, 1.165) is 31.0 Å². The summed E-state index contributed by atoms with van der Waals surface area (Å²) in [5, 5.41) is 7.44. The van der Waals surface area contributed by atoms with Gasteiger partial charge in [-0.15, -0.1) is 0 Å². The third-order valence-corrected chi connectivity index (χ3v) is 3.16. The zero-order valence-corrected chi connectivity index (χ0v) is 9.86. The van der Waals surface area contributed by atoms with Gasteiger partial charge in [-0.2, -0.15) is 4.98 Å². The average Bonchev–Trinajstić information content (AvgIpc) is 2.98. The van der Waals surface area contributed by atoms with Gasteiger partial charge in [0.25, 0.3) is 5.89 Å². The lowest BCUT2D eigenvalue weighted by atomic mass is 9.99. The van der Waals surface area contributed by atoms with Gasteiger partial charge in [-0.25, -0.2) is 0 Å². The fraction of sp³-hybridized carbons (Fsp3) is 0.500. The molecule has 5 nitrogen and oxygen atoms in total. The summed E-state index contributed by atoms with van der Waals surface area (Å²) in [5.41, 5.74) is 2.06. The lowest BCUT2D eigenvalue weighted by Crippen LogP contribution is -2.28. The second-order valence-electron chi connectivity index (χ2n) is 4.59. The highest BCUT2D eigenvalue weighted by Crippen LogP contribution is 2.23. The SMILES string of the molecule is Cc1c[nH]c(-c2nc(C3CCCNC3)no2)c1. The molecule has 2 aromatic heterocycles. The lowest BCUT2D eigenvalue weighted by Gasteiger charge is -2.19. The van der Waals surface area contributed by atoms with Crippen LogP contribution in [0.2, 0.25) is 0 Å². The molecule has 0 saturated carbocycles. The van der Waals surface area contributed by atoms with Crippen LogP contribution in [0.15, 0.2) is 16.8 Å². The highest BCUT2D eigenvalue weighted by Gasteiger charge is 2.21. The Hall–Kier alpha value is -1.62. The normalized spacial score (nSPS) is 20.6. The van der Waals surface area contributed by atoms with Crippen molar-refractivity contribution >= 4 is 0 Å². The standard InChI is InChI=1S/C12H16N4O/c1-8-5-10(14-6-8)12-15-11(16-17-12)9-3-2-4-13-7-9/h5-6,9,13-14H,2-4,7H2,1H3. The number of piperidine rings is 1. The minimum absolute atomic E-state index is 0.386. The molecule has 1 aliphatic rings. The molecule has 3 heterocycles.